The van der Waals surface area contributed by atoms with Gasteiger partial charge in [0.2, 0.25) is 11.8 Å². The normalized spacial score (nSPS) is 20.3. The molecule has 8 heteroatoms. The first-order valence-electron chi connectivity index (χ1n) is 11.0. The lowest BCUT2D eigenvalue weighted by molar-refractivity contribution is -0.134. The van der Waals surface area contributed by atoms with Crippen molar-refractivity contribution >= 4 is 23.2 Å². The van der Waals surface area contributed by atoms with E-state index in [0.29, 0.717) is 19.5 Å². The molecule has 1 aliphatic heterocycles. The molecule has 1 aliphatic carbocycles. The van der Waals surface area contributed by atoms with Crippen LogP contribution in [0.3, 0.4) is 0 Å². The molecular formula is C24H27FN4O2S. The number of halogens is 1. The summed E-state index contributed by atoms with van der Waals surface area (Å²) in [5.41, 5.74) is 2.11. The van der Waals surface area contributed by atoms with Crippen LogP contribution < -0.4 is 5.32 Å². The number of nitrogens with one attached hydrogen (secondary N) is 1. The first kappa shape index (κ1) is 22.3. The maximum Gasteiger partial charge on any atom is 0.223 e. The van der Waals surface area contributed by atoms with E-state index in [-0.39, 0.29) is 42.4 Å². The molecule has 3 heterocycles. The summed E-state index contributed by atoms with van der Waals surface area (Å²) < 4.78 is 13.2. The average molecular weight is 455 g/mol. The summed E-state index contributed by atoms with van der Waals surface area (Å²) in [4.78, 5) is 35.5. The maximum absolute atomic E-state index is 13.2. The Bertz CT molecular complexity index is 1000. The number of hydrogen-bond donors (Lipinski definition) is 1. The molecule has 2 aromatic rings. The zero-order valence-electron chi connectivity index (χ0n) is 17.9. The van der Waals surface area contributed by atoms with Crippen molar-refractivity contribution in [2.24, 2.45) is 5.92 Å². The minimum absolute atomic E-state index is 0.0000363. The number of amides is 2. The third kappa shape index (κ3) is 5.88. The van der Waals surface area contributed by atoms with Gasteiger partial charge in [0.25, 0.3) is 0 Å². The van der Waals surface area contributed by atoms with Crippen LogP contribution in [0, 0.1) is 5.92 Å². The Morgan fingerprint density at radius 2 is 2.09 bits per heavy atom. The number of rotatable bonds is 8. The van der Waals surface area contributed by atoms with Crippen molar-refractivity contribution in [3.8, 4) is 0 Å². The number of thiazole rings is 1. The quantitative estimate of drug-likeness (QED) is 0.656. The van der Waals surface area contributed by atoms with E-state index in [0.717, 1.165) is 35.5 Å². The number of carbonyl (C=O) groups is 2. The number of likely N-dealkylation sites (tertiary alicyclic amines) is 1. The topological polar surface area (TPSA) is 75.2 Å². The summed E-state index contributed by atoms with van der Waals surface area (Å²) in [6.45, 7) is 1.08. The van der Waals surface area contributed by atoms with Gasteiger partial charge in [-0.2, -0.15) is 0 Å². The van der Waals surface area contributed by atoms with E-state index >= 15 is 0 Å². The lowest BCUT2D eigenvalue weighted by atomic mass is 9.90. The van der Waals surface area contributed by atoms with Gasteiger partial charge in [-0.1, -0.05) is 6.08 Å². The predicted molar refractivity (Wildman–Crippen MR) is 121 cm³/mol. The third-order valence-electron chi connectivity index (χ3n) is 5.94. The fraction of sp³-hybridized carbons (Fsp3) is 0.417. The minimum atomic E-state index is -0.210. The van der Waals surface area contributed by atoms with Crippen molar-refractivity contribution in [1.82, 2.24) is 20.2 Å². The van der Waals surface area contributed by atoms with E-state index in [1.807, 2.05) is 28.5 Å². The lowest BCUT2D eigenvalue weighted by Gasteiger charge is -2.30. The smallest absolute Gasteiger partial charge is 0.223 e. The molecule has 1 N–H and O–H groups in total. The van der Waals surface area contributed by atoms with Crippen molar-refractivity contribution in [2.75, 3.05) is 6.54 Å². The van der Waals surface area contributed by atoms with Gasteiger partial charge < -0.3 is 10.2 Å². The Morgan fingerprint density at radius 1 is 1.25 bits per heavy atom. The number of allylic oxidation sites excluding steroid dienone is 3. The molecule has 0 saturated carbocycles. The highest BCUT2D eigenvalue weighted by Gasteiger charge is 2.33. The van der Waals surface area contributed by atoms with Crippen molar-refractivity contribution in [1.29, 1.82) is 0 Å². The van der Waals surface area contributed by atoms with E-state index in [9.17, 15) is 14.0 Å². The van der Waals surface area contributed by atoms with Crippen LogP contribution in [0.5, 0.6) is 0 Å². The highest BCUT2D eigenvalue weighted by molar-refractivity contribution is 7.09. The molecule has 0 bridgehead atoms. The molecule has 2 amide bonds. The molecule has 1 saturated heterocycles. The molecule has 0 spiro atoms. The summed E-state index contributed by atoms with van der Waals surface area (Å²) in [7, 11) is 0. The molecule has 168 valence electrons. The second-order valence-electron chi connectivity index (χ2n) is 8.19. The first-order valence-corrected chi connectivity index (χ1v) is 11.9. The van der Waals surface area contributed by atoms with Crippen molar-refractivity contribution in [3.05, 3.63) is 70.2 Å². The molecule has 2 aliphatic rings. The Balaban J connectivity index is 1.20. The standard InChI is InChI=1S/C24H27FN4O2S/c25-19-5-3-18(4-6-19)21-2-1-13-29(21)24(31)8-7-22(30)27-15-23-28-20(16-32-23)14-17-9-11-26-12-10-17/h3,5-6,9-12,16,18,21H,1-2,4,7-8,13-15H2,(H,27,30). The molecule has 0 aromatic carbocycles. The summed E-state index contributed by atoms with van der Waals surface area (Å²) in [6.07, 6.45) is 12.0. The molecule has 0 radical (unpaired) electrons. The van der Waals surface area contributed by atoms with Gasteiger partial charge in [-0.3, -0.25) is 14.6 Å². The summed E-state index contributed by atoms with van der Waals surface area (Å²) >= 11 is 1.52. The Labute approximate surface area is 191 Å². The molecule has 2 atom stereocenters. The zero-order chi connectivity index (χ0) is 22.3. The van der Waals surface area contributed by atoms with Gasteiger partial charge in [0, 0.05) is 55.5 Å². The van der Waals surface area contributed by atoms with Crippen LogP contribution in [-0.4, -0.2) is 39.3 Å². The van der Waals surface area contributed by atoms with Crippen LogP contribution >= 0.6 is 11.3 Å². The fourth-order valence-corrected chi connectivity index (χ4v) is 5.02. The number of aromatic nitrogens is 2. The molecule has 1 fully saturated rings. The largest absolute Gasteiger partial charge is 0.350 e. The van der Waals surface area contributed by atoms with Gasteiger partial charge in [-0.05, 0) is 49.1 Å². The van der Waals surface area contributed by atoms with Gasteiger partial charge in [-0.25, -0.2) is 9.37 Å². The predicted octanol–water partition coefficient (Wildman–Crippen LogP) is 3.95. The van der Waals surface area contributed by atoms with Crippen LogP contribution in [-0.2, 0) is 22.6 Å². The number of hydrogen-bond acceptors (Lipinski definition) is 5. The summed E-state index contributed by atoms with van der Waals surface area (Å²) in [5.74, 6) is -0.206. The van der Waals surface area contributed by atoms with Gasteiger partial charge in [-0.15, -0.1) is 11.3 Å². The fourth-order valence-electron chi connectivity index (χ4n) is 4.29. The second kappa shape index (κ2) is 10.6. The molecular weight excluding hydrogens is 427 g/mol. The van der Waals surface area contributed by atoms with Crippen LogP contribution in [0.2, 0.25) is 0 Å². The first-order chi connectivity index (χ1) is 15.6. The average Bonchev–Trinajstić information content (AvgIpc) is 3.47. The highest BCUT2D eigenvalue weighted by Crippen LogP contribution is 2.31. The molecule has 2 aromatic heterocycles. The molecule has 4 rings (SSSR count). The van der Waals surface area contributed by atoms with Gasteiger partial charge >= 0.3 is 0 Å². The van der Waals surface area contributed by atoms with E-state index in [4.69, 9.17) is 0 Å². The number of carbonyl (C=O) groups excluding carboxylic acids is 2. The van der Waals surface area contributed by atoms with Crippen molar-refractivity contribution in [2.45, 2.75) is 51.1 Å². The Morgan fingerprint density at radius 3 is 2.88 bits per heavy atom. The van der Waals surface area contributed by atoms with Crippen LogP contribution in [0.4, 0.5) is 4.39 Å². The maximum atomic E-state index is 13.2. The van der Waals surface area contributed by atoms with Gasteiger partial charge in [0.05, 0.1) is 12.2 Å². The van der Waals surface area contributed by atoms with E-state index in [1.54, 1.807) is 18.5 Å². The van der Waals surface area contributed by atoms with Crippen LogP contribution in [0.15, 0.2) is 54.0 Å². The van der Waals surface area contributed by atoms with Crippen LogP contribution in [0.1, 0.15) is 48.4 Å². The lowest BCUT2D eigenvalue weighted by Crippen LogP contribution is -2.40. The highest BCUT2D eigenvalue weighted by atomic mass is 32.1. The minimum Gasteiger partial charge on any atom is -0.350 e. The Kier molecular flexibility index (Phi) is 7.42. The van der Waals surface area contributed by atoms with E-state index in [2.05, 4.69) is 15.3 Å². The molecule has 6 nitrogen and oxygen atoms in total. The SMILES string of the molecule is O=C(CCC(=O)N1CCCC1C1C=CC(F)=CC1)NCc1nc(Cc2ccncc2)cs1. The van der Waals surface area contributed by atoms with Crippen LogP contribution in [0.25, 0.3) is 0 Å². The molecule has 2 unspecified atom stereocenters. The Hall–Kier alpha value is -2.87. The monoisotopic (exact) mass is 454 g/mol. The van der Waals surface area contributed by atoms with Crippen molar-refractivity contribution in [3.63, 3.8) is 0 Å². The second-order valence-corrected chi connectivity index (χ2v) is 9.13. The number of nitrogens with zero attached hydrogens (tertiary/aromatic N) is 3. The third-order valence-corrected chi connectivity index (χ3v) is 6.84. The van der Waals surface area contributed by atoms with Gasteiger partial charge in [0.15, 0.2) is 0 Å². The van der Waals surface area contributed by atoms with Gasteiger partial charge in [0.1, 0.15) is 10.8 Å². The van der Waals surface area contributed by atoms with E-state index in [1.165, 1.54) is 17.4 Å². The number of pyridine rings is 1. The molecule has 32 heavy (non-hydrogen) atoms. The van der Waals surface area contributed by atoms with Crippen molar-refractivity contribution < 1.29 is 14.0 Å². The summed E-state index contributed by atoms with van der Waals surface area (Å²) in [6, 6.07) is 4.02. The zero-order valence-corrected chi connectivity index (χ0v) is 18.7. The van der Waals surface area contributed by atoms with E-state index < -0.39 is 0 Å². The summed E-state index contributed by atoms with van der Waals surface area (Å²) in [5, 5.41) is 5.71.